The topological polar surface area (TPSA) is 66.3 Å². The molecule has 2 aromatic heterocycles. The second kappa shape index (κ2) is 7.28. The van der Waals surface area contributed by atoms with Gasteiger partial charge in [-0.3, -0.25) is 4.98 Å². The first-order valence-electron chi connectivity index (χ1n) is 7.01. The first-order valence-corrected chi connectivity index (χ1v) is 7.83. The zero-order chi connectivity index (χ0) is 15.2. The maximum atomic E-state index is 11.4. The van der Waals surface area contributed by atoms with Crippen LogP contribution in [-0.4, -0.2) is 45.6 Å². The van der Waals surface area contributed by atoms with Crippen molar-refractivity contribution in [3.63, 3.8) is 0 Å². The van der Waals surface area contributed by atoms with Crippen LogP contribution >= 0.6 is 11.3 Å². The van der Waals surface area contributed by atoms with Crippen LogP contribution in [0.1, 0.15) is 28.5 Å². The van der Waals surface area contributed by atoms with E-state index in [1.807, 2.05) is 0 Å². The van der Waals surface area contributed by atoms with E-state index in [2.05, 4.69) is 28.7 Å². The van der Waals surface area contributed by atoms with Crippen molar-refractivity contribution in [3.8, 4) is 11.3 Å². The van der Waals surface area contributed by atoms with E-state index in [1.165, 1.54) is 11.3 Å². The van der Waals surface area contributed by atoms with E-state index in [-0.39, 0.29) is 0 Å². The van der Waals surface area contributed by atoms with Gasteiger partial charge < -0.3 is 10.0 Å². The largest absolute Gasteiger partial charge is 0.477 e. The molecule has 6 heteroatoms. The number of likely N-dealkylation sites (N-methyl/N-ethyl adjacent to an activating group) is 1. The van der Waals surface area contributed by atoms with Gasteiger partial charge >= 0.3 is 5.97 Å². The quantitative estimate of drug-likeness (QED) is 0.852. The zero-order valence-corrected chi connectivity index (χ0v) is 13.1. The van der Waals surface area contributed by atoms with E-state index >= 15 is 0 Å². The van der Waals surface area contributed by atoms with Crippen molar-refractivity contribution in [2.45, 2.75) is 20.3 Å². The molecule has 0 radical (unpaired) electrons. The van der Waals surface area contributed by atoms with Crippen molar-refractivity contribution in [2.75, 3.05) is 19.6 Å². The molecule has 2 aromatic rings. The Hall–Kier alpha value is -1.79. The third-order valence-electron chi connectivity index (χ3n) is 3.36. The van der Waals surface area contributed by atoms with Gasteiger partial charge in [-0.15, -0.1) is 11.3 Å². The molecule has 0 amide bonds. The Labute approximate surface area is 128 Å². The minimum atomic E-state index is -0.923. The van der Waals surface area contributed by atoms with E-state index in [0.29, 0.717) is 10.6 Å². The molecule has 0 bridgehead atoms. The Morgan fingerprint density at radius 1 is 1.29 bits per heavy atom. The van der Waals surface area contributed by atoms with Crippen molar-refractivity contribution in [1.82, 2.24) is 14.9 Å². The molecule has 2 heterocycles. The van der Waals surface area contributed by atoms with Crippen LogP contribution in [0.3, 0.4) is 0 Å². The number of carboxylic acid groups (broad SMARTS) is 1. The average Bonchev–Trinajstić information content (AvgIpc) is 2.94. The number of carboxylic acids is 1. The number of hydrogen-bond donors (Lipinski definition) is 1. The molecule has 0 unspecified atom stereocenters. The average molecular weight is 305 g/mol. The summed E-state index contributed by atoms with van der Waals surface area (Å²) in [4.78, 5) is 22.5. The van der Waals surface area contributed by atoms with Crippen LogP contribution in [-0.2, 0) is 6.42 Å². The van der Waals surface area contributed by atoms with Crippen molar-refractivity contribution >= 4 is 17.3 Å². The van der Waals surface area contributed by atoms with Crippen LogP contribution < -0.4 is 0 Å². The Kier molecular flexibility index (Phi) is 5.41. The first kappa shape index (κ1) is 15.6. The molecule has 0 aliphatic heterocycles. The van der Waals surface area contributed by atoms with Gasteiger partial charge in [0.2, 0.25) is 0 Å². The standard InChI is InChI=1S/C15H19N3O2S/c1-3-18(4-2)10-7-12-17-13(14(21-12)15(19)20)11-5-8-16-9-6-11/h5-6,8-9H,3-4,7,10H2,1-2H3,(H,19,20). The molecule has 0 aromatic carbocycles. The van der Waals surface area contributed by atoms with Gasteiger partial charge in [0.25, 0.3) is 0 Å². The van der Waals surface area contributed by atoms with Crippen LogP contribution in [0.4, 0.5) is 0 Å². The van der Waals surface area contributed by atoms with Crippen LogP contribution in [0.15, 0.2) is 24.5 Å². The molecule has 1 N–H and O–H groups in total. The minimum Gasteiger partial charge on any atom is -0.477 e. The van der Waals surface area contributed by atoms with Gasteiger partial charge in [0, 0.05) is 30.9 Å². The Balaban J connectivity index is 2.24. The SMILES string of the molecule is CCN(CC)CCc1nc(-c2ccncc2)c(C(=O)O)s1. The zero-order valence-electron chi connectivity index (χ0n) is 12.2. The van der Waals surface area contributed by atoms with Crippen LogP contribution in [0.25, 0.3) is 11.3 Å². The Morgan fingerprint density at radius 2 is 1.95 bits per heavy atom. The Morgan fingerprint density at radius 3 is 2.52 bits per heavy atom. The molecule has 0 saturated heterocycles. The van der Waals surface area contributed by atoms with E-state index in [4.69, 9.17) is 0 Å². The van der Waals surface area contributed by atoms with E-state index in [9.17, 15) is 9.90 Å². The third-order valence-corrected chi connectivity index (χ3v) is 4.46. The summed E-state index contributed by atoms with van der Waals surface area (Å²) in [5, 5.41) is 10.2. The van der Waals surface area contributed by atoms with Crippen LogP contribution in [0.5, 0.6) is 0 Å². The fraction of sp³-hybridized carbons (Fsp3) is 0.400. The van der Waals surface area contributed by atoms with Crippen molar-refractivity contribution in [3.05, 3.63) is 34.4 Å². The van der Waals surface area contributed by atoms with E-state index in [1.54, 1.807) is 24.5 Å². The van der Waals surface area contributed by atoms with Crippen molar-refractivity contribution < 1.29 is 9.90 Å². The Bertz CT molecular complexity index is 594. The summed E-state index contributed by atoms with van der Waals surface area (Å²) in [6.45, 7) is 7.12. The molecule has 0 aliphatic carbocycles. The number of thiazole rings is 1. The fourth-order valence-electron chi connectivity index (χ4n) is 2.12. The molecule has 0 spiro atoms. The summed E-state index contributed by atoms with van der Waals surface area (Å²) < 4.78 is 0. The molecule has 2 rings (SSSR count). The molecule has 0 atom stereocenters. The first-order chi connectivity index (χ1) is 10.2. The maximum Gasteiger partial charge on any atom is 0.348 e. The van der Waals surface area contributed by atoms with E-state index in [0.717, 1.165) is 36.6 Å². The van der Waals surface area contributed by atoms with Gasteiger partial charge in [-0.1, -0.05) is 13.8 Å². The maximum absolute atomic E-state index is 11.4. The number of hydrogen-bond acceptors (Lipinski definition) is 5. The minimum absolute atomic E-state index is 0.302. The summed E-state index contributed by atoms with van der Waals surface area (Å²) in [6, 6.07) is 3.57. The van der Waals surface area contributed by atoms with Crippen molar-refractivity contribution in [1.29, 1.82) is 0 Å². The highest BCUT2D eigenvalue weighted by Gasteiger charge is 2.18. The lowest BCUT2D eigenvalue weighted by molar-refractivity contribution is 0.0702. The lowest BCUT2D eigenvalue weighted by Crippen LogP contribution is -2.25. The molecule has 0 aliphatic rings. The van der Waals surface area contributed by atoms with Gasteiger partial charge in [0.1, 0.15) is 4.88 Å². The van der Waals surface area contributed by atoms with Gasteiger partial charge in [-0.05, 0) is 25.2 Å². The molecule has 5 nitrogen and oxygen atoms in total. The summed E-state index contributed by atoms with van der Waals surface area (Å²) in [7, 11) is 0. The smallest absolute Gasteiger partial charge is 0.348 e. The normalized spacial score (nSPS) is 11.0. The highest BCUT2D eigenvalue weighted by atomic mass is 32.1. The summed E-state index contributed by atoms with van der Waals surface area (Å²) in [5.41, 5.74) is 1.34. The van der Waals surface area contributed by atoms with Gasteiger partial charge in [0.15, 0.2) is 0 Å². The summed E-state index contributed by atoms with van der Waals surface area (Å²) >= 11 is 1.27. The monoisotopic (exact) mass is 305 g/mol. The number of carbonyl (C=O) groups is 1. The lowest BCUT2D eigenvalue weighted by atomic mass is 10.2. The number of rotatable bonds is 7. The number of nitrogens with zero attached hydrogens (tertiary/aromatic N) is 3. The summed E-state index contributed by atoms with van der Waals surface area (Å²) in [5.74, 6) is -0.923. The van der Waals surface area contributed by atoms with Gasteiger partial charge in [-0.25, -0.2) is 9.78 Å². The molecule has 112 valence electrons. The summed E-state index contributed by atoms with van der Waals surface area (Å²) in [6.07, 6.45) is 4.07. The fourth-order valence-corrected chi connectivity index (χ4v) is 3.03. The van der Waals surface area contributed by atoms with E-state index < -0.39 is 5.97 Å². The predicted molar refractivity (Wildman–Crippen MR) is 83.8 cm³/mol. The van der Waals surface area contributed by atoms with Gasteiger partial charge in [0.05, 0.1) is 10.7 Å². The van der Waals surface area contributed by atoms with Gasteiger partial charge in [-0.2, -0.15) is 0 Å². The number of aromatic nitrogens is 2. The molecule has 21 heavy (non-hydrogen) atoms. The molecular weight excluding hydrogens is 286 g/mol. The highest BCUT2D eigenvalue weighted by Crippen LogP contribution is 2.28. The second-order valence-electron chi connectivity index (χ2n) is 4.60. The second-order valence-corrected chi connectivity index (χ2v) is 5.69. The van der Waals surface area contributed by atoms with Crippen LogP contribution in [0.2, 0.25) is 0 Å². The molecule has 0 fully saturated rings. The van der Waals surface area contributed by atoms with Crippen LogP contribution in [0, 0.1) is 0 Å². The molecular formula is C15H19N3O2S. The third kappa shape index (κ3) is 3.86. The number of aromatic carboxylic acids is 1. The highest BCUT2D eigenvalue weighted by molar-refractivity contribution is 7.14. The lowest BCUT2D eigenvalue weighted by Gasteiger charge is -2.16. The predicted octanol–water partition coefficient (Wildman–Crippen LogP) is 2.79. The molecule has 0 saturated carbocycles. The number of pyridine rings is 1. The van der Waals surface area contributed by atoms with Crippen molar-refractivity contribution in [2.24, 2.45) is 0 Å².